The van der Waals surface area contributed by atoms with Crippen molar-refractivity contribution in [3.05, 3.63) is 74.9 Å². The van der Waals surface area contributed by atoms with Crippen LogP contribution >= 0.6 is 0 Å². The fourth-order valence-electron chi connectivity index (χ4n) is 2.96. The number of aryl methyl sites for hydroxylation is 3. The molecular weight excluding hydrogens is 333 g/mol. The van der Waals surface area contributed by atoms with Crippen LogP contribution in [-0.4, -0.2) is 5.91 Å². The molecule has 0 saturated heterocycles. The average Bonchev–Trinajstić information content (AvgIpc) is 2.57. The molecule has 0 atom stereocenters. The highest BCUT2D eigenvalue weighted by atomic mass is 19.1. The molecule has 134 valence electrons. The Morgan fingerprint density at radius 1 is 1.08 bits per heavy atom. The predicted octanol–water partition coefficient (Wildman–Crippen LogP) is 4.43. The van der Waals surface area contributed by atoms with Gasteiger partial charge in [0.05, 0.1) is 5.69 Å². The summed E-state index contributed by atoms with van der Waals surface area (Å²) in [5.41, 5.74) is 3.31. The maximum atomic E-state index is 13.8. The summed E-state index contributed by atoms with van der Waals surface area (Å²) in [6.45, 7) is 5.55. The Kier molecular flexibility index (Phi) is 4.89. The van der Waals surface area contributed by atoms with Gasteiger partial charge in [-0.1, -0.05) is 18.2 Å². The van der Waals surface area contributed by atoms with Crippen molar-refractivity contribution in [2.45, 2.75) is 33.6 Å². The van der Waals surface area contributed by atoms with Crippen LogP contribution in [0.25, 0.3) is 11.0 Å². The molecule has 0 unspecified atom stereocenters. The zero-order chi connectivity index (χ0) is 18.8. The zero-order valence-corrected chi connectivity index (χ0v) is 15.0. The highest BCUT2D eigenvalue weighted by Gasteiger charge is 2.14. The molecule has 3 aromatic rings. The second-order valence-corrected chi connectivity index (χ2v) is 6.52. The zero-order valence-electron chi connectivity index (χ0n) is 15.0. The van der Waals surface area contributed by atoms with Crippen LogP contribution < -0.4 is 10.9 Å². The fraction of sp³-hybridized carbons (Fsp3) is 0.238. The van der Waals surface area contributed by atoms with Gasteiger partial charge >= 0.3 is 5.63 Å². The van der Waals surface area contributed by atoms with Crippen LogP contribution in [0.5, 0.6) is 0 Å². The molecule has 1 amide bonds. The molecule has 1 N–H and O–H groups in total. The summed E-state index contributed by atoms with van der Waals surface area (Å²) < 4.78 is 19.2. The van der Waals surface area contributed by atoms with Gasteiger partial charge in [-0.25, -0.2) is 9.18 Å². The highest BCUT2D eigenvalue weighted by Crippen LogP contribution is 2.21. The second kappa shape index (κ2) is 7.12. The lowest BCUT2D eigenvalue weighted by Gasteiger charge is -2.09. The normalized spacial score (nSPS) is 10.9. The summed E-state index contributed by atoms with van der Waals surface area (Å²) in [5, 5.41) is 3.40. The Hall–Kier alpha value is -2.95. The van der Waals surface area contributed by atoms with Crippen molar-refractivity contribution in [3.8, 4) is 0 Å². The lowest BCUT2D eigenvalue weighted by molar-refractivity contribution is -0.116. The molecule has 2 aromatic carbocycles. The number of rotatable bonds is 4. The average molecular weight is 353 g/mol. The lowest BCUT2D eigenvalue weighted by Crippen LogP contribution is -2.17. The Morgan fingerprint density at radius 3 is 2.50 bits per heavy atom. The molecule has 5 heteroatoms. The van der Waals surface area contributed by atoms with Gasteiger partial charge in [-0.2, -0.15) is 0 Å². The molecular formula is C21H20FNO3. The van der Waals surface area contributed by atoms with Crippen LogP contribution in [0.15, 0.2) is 45.6 Å². The van der Waals surface area contributed by atoms with E-state index in [1.807, 2.05) is 32.0 Å². The van der Waals surface area contributed by atoms with Gasteiger partial charge in [-0.15, -0.1) is 0 Å². The van der Waals surface area contributed by atoms with Gasteiger partial charge in [-0.3, -0.25) is 4.79 Å². The third kappa shape index (κ3) is 3.67. The summed E-state index contributed by atoms with van der Waals surface area (Å²) in [4.78, 5) is 24.4. The minimum absolute atomic E-state index is 0.0658. The summed E-state index contributed by atoms with van der Waals surface area (Å²) in [6, 6.07) is 10.3. The number of nitrogens with one attached hydrogen (secondary N) is 1. The topological polar surface area (TPSA) is 59.3 Å². The van der Waals surface area contributed by atoms with E-state index in [0.29, 0.717) is 11.1 Å². The van der Waals surface area contributed by atoms with E-state index >= 15 is 0 Å². The molecule has 0 bridgehead atoms. The van der Waals surface area contributed by atoms with Gasteiger partial charge in [0.2, 0.25) is 5.91 Å². The van der Waals surface area contributed by atoms with Gasteiger partial charge in [0, 0.05) is 17.4 Å². The summed E-state index contributed by atoms with van der Waals surface area (Å²) in [5.74, 6) is -0.828. The smallest absolute Gasteiger partial charge is 0.339 e. The maximum absolute atomic E-state index is 13.8. The van der Waals surface area contributed by atoms with Crippen LogP contribution in [0.2, 0.25) is 0 Å². The Bertz CT molecular complexity index is 1050. The van der Waals surface area contributed by atoms with Crippen LogP contribution in [0, 0.1) is 26.6 Å². The van der Waals surface area contributed by atoms with Crippen LogP contribution in [0.3, 0.4) is 0 Å². The van der Waals surface area contributed by atoms with E-state index in [4.69, 9.17) is 4.42 Å². The molecule has 0 aliphatic rings. The number of hydrogen-bond acceptors (Lipinski definition) is 3. The quantitative estimate of drug-likeness (QED) is 0.706. The van der Waals surface area contributed by atoms with Gasteiger partial charge in [0.25, 0.3) is 0 Å². The first-order valence-electron chi connectivity index (χ1n) is 8.44. The number of hydrogen-bond donors (Lipinski definition) is 1. The molecule has 0 fully saturated rings. The number of fused-ring (bicyclic) bond motifs is 1. The minimum atomic E-state index is -0.477. The molecule has 4 nitrogen and oxygen atoms in total. The molecule has 3 rings (SSSR count). The van der Waals surface area contributed by atoms with Crippen LogP contribution in [-0.2, 0) is 11.2 Å². The first kappa shape index (κ1) is 17.9. The predicted molar refractivity (Wildman–Crippen MR) is 100 cm³/mol. The molecule has 0 aliphatic heterocycles. The van der Waals surface area contributed by atoms with Crippen molar-refractivity contribution in [1.82, 2.24) is 0 Å². The number of carbonyl (C=O) groups is 1. The number of benzene rings is 2. The van der Waals surface area contributed by atoms with Crippen molar-refractivity contribution in [1.29, 1.82) is 0 Å². The Morgan fingerprint density at radius 2 is 1.77 bits per heavy atom. The number of carbonyl (C=O) groups excluding carboxylic acids is 1. The monoisotopic (exact) mass is 353 g/mol. The lowest BCUT2D eigenvalue weighted by atomic mass is 10.0. The molecule has 1 aromatic heterocycles. The van der Waals surface area contributed by atoms with Crippen LogP contribution in [0.1, 0.15) is 28.7 Å². The van der Waals surface area contributed by atoms with Crippen LogP contribution in [0.4, 0.5) is 10.1 Å². The molecule has 26 heavy (non-hydrogen) atoms. The van der Waals surface area contributed by atoms with E-state index in [0.717, 1.165) is 22.1 Å². The highest BCUT2D eigenvalue weighted by molar-refractivity contribution is 5.91. The van der Waals surface area contributed by atoms with Gasteiger partial charge in [0.1, 0.15) is 11.4 Å². The summed E-state index contributed by atoms with van der Waals surface area (Å²) in [6.07, 6.45) is 0.299. The number of halogens is 1. The molecule has 0 aliphatic carbocycles. The van der Waals surface area contributed by atoms with E-state index < -0.39 is 11.4 Å². The maximum Gasteiger partial charge on any atom is 0.339 e. The fourth-order valence-corrected chi connectivity index (χ4v) is 2.96. The van der Waals surface area contributed by atoms with E-state index in [-0.39, 0.29) is 24.4 Å². The van der Waals surface area contributed by atoms with E-state index in [2.05, 4.69) is 5.32 Å². The van der Waals surface area contributed by atoms with Gasteiger partial charge < -0.3 is 9.73 Å². The molecule has 0 saturated carbocycles. The first-order chi connectivity index (χ1) is 12.3. The van der Waals surface area contributed by atoms with Crippen molar-refractivity contribution in [2.75, 3.05) is 5.32 Å². The Balaban J connectivity index is 1.78. The van der Waals surface area contributed by atoms with E-state index in [1.165, 1.54) is 12.1 Å². The van der Waals surface area contributed by atoms with Crippen molar-refractivity contribution < 1.29 is 13.6 Å². The first-order valence-corrected chi connectivity index (χ1v) is 8.44. The van der Waals surface area contributed by atoms with Gasteiger partial charge in [0.15, 0.2) is 0 Å². The number of amides is 1. The summed E-state index contributed by atoms with van der Waals surface area (Å²) in [7, 11) is 0. The third-order valence-corrected chi connectivity index (χ3v) is 4.44. The standard InChI is InChI=1S/C21H20FNO3/c1-12-5-8-18(17(22)10-12)23-20(24)9-7-16-14(3)15-6-4-13(2)11-19(15)26-21(16)25/h4-6,8,10-11H,7,9H2,1-3H3,(H,23,24). The minimum Gasteiger partial charge on any atom is -0.423 e. The Labute approximate surface area is 150 Å². The largest absolute Gasteiger partial charge is 0.423 e. The molecule has 0 spiro atoms. The van der Waals surface area contributed by atoms with Gasteiger partial charge in [-0.05, 0) is 62.1 Å². The summed E-state index contributed by atoms with van der Waals surface area (Å²) >= 11 is 0. The van der Waals surface area contributed by atoms with E-state index in [1.54, 1.807) is 13.0 Å². The SMILES string of the molecule is Cc1ccc(NC(=O)CCc2c(C)c3ccc(C)cc3oc2=O)c(F)c1. The number of anilines is 1. The third-order valence-electron chi connectivity index (χ3n) is 4.44. The molecule has 0 radical (unpaired) electrons. The van der Waals surface area contributed by atoms with Crippen molar-refractivity contribution in [2.24, 2.45) is 0 Å². The van der Waals surface area contributed by atoms with Crippen molar-refractivity contribution in [3.63, 3.8) is 0 Å². The molecule has 1 heterocycles. The second-order valence-electron chi connectivity index (χ2n) is 6.52. The van der Waals surface area contributed by atoms with E-state index in [9.17, 15) is 14.0 Å². The van der Waals surface area contributed by atoms with Crippen molar-refractivity contribution >= 4 is 22.6 Å².